The van der Waals surface area contributed by atoms with Crippen molar-refractivity contribution in [2.75, 3.05) is 23.7 Å². The monoisotopic (exact) mass is 415 g/mol. The predicted molar refractivity (Wildman–Crippen MR) is 116 cm³/mol. The van der Waals surface area contributed by atoms with E-state index in [0.29, 0.717) is 6.54 Å². The molecule has 0 amide bonds. The molecule has 0 aliphatic carbocycles. The van der Waals surface area contributed by atoms with Crippen LogP contribution >= 0.6 is 23.1 Å². The van der Waals surface area contributed by atoms with Crippen LogP contribution in [0, 0.1) is 13.8 Å². The molecule has 2 aromatic heterocycles. The van der Waals surface area contributed by atoms with Crippen LogP contribution in [-0.2, 0) is 6.54 Å². The zero-order chi connectivity index (χ0) is 19.5. The average molecular weight is 416 g/mol. The van der Waals surface area contributed by atoms with Crippen LogP contribution in [0.1, 0.15) is 30.5 Å². The van der Waals surface area contributed by atoms with Gasteiger partial charge in [-0.2, -0.15) is 0 Å². The lowest BCUT2D eigenvalue weighted by Crippen LogP contribution is -2.31. The number of rotatable bonds is 6. The van der Waals surface area contributed by atoms with Crippen molar-refractivity contribution in [3.05, 3.63) is 50.6 Å². The van der Waals surface area contributed by atoms with Crippen molar-refractivity contribution >= 4 is 29.0 Å². The summed E-state index contributed by atoms with van der Waals surface area (Å²) in [5.74, 6) is 1.71. The number of anilines is 1. The molecule has 0 radical (unpaired) electrons. The van der Waals surface area contributed by atoms with Crippen molar-refractivity contribution in [2.24, 2.45) is 0 Å². The van der Waals surface area contributed by atoms with Crippen LogP contribution in [0.4, 0.5) is 5.95 Å². The number of benzene rings is 1. The number of piperidine rings is 1. The molecular formula is C20H25N5OS2. The maximum atomic E-state index is 11.9. The minimum atomic E-state index is 0.104. The number of hydrogen-bond acceptors (Lipinski definition) is 6. The summed E-state index contributed by atoms with van der Waals surface area (Å²) in [6.07, 6.45) is 3.68. The molecule has 1 aromatic carbocycles. The maximum Gasteiger partial charge on any atom is 0.307 e. The van der Waals surface area contributed by atoms with Crippen molar-refractivity contribution < 1.29 is 0 Å². The second-order valence-electron chi connectivity index (χ2n) is 7.14. The standard InChI is InChI=1S/C20H25N5OS2/c1-15-6-8-17(9-7-15)25-18(23-10-4-3-5-11-23)21-22-19(25)27-13-12-24-16(2)14-28-20(24)26/h6-9,14H,3-5,10-13H2,1-2H3. The van der Waals surface area contributed by atoms with Gasteiger partial charge in [-0.15, -0.1) is 10.2 Å². The van der Waals surface area contributed by atoms with Crippen LogP contribution in [-0.4, -0.2) is 38.2 Å². The smallest absolute Gasteiger partial charge is 0.307 e. The molecule has 1 fully saturated rings. The summed E-state index contributed by atoms with van der Waals surface area (Å²) in [6, 6.07) is 8.50. The highest BCUT2D eigenvalue weighted by molar-refractivity contribution is 7.99. The molecule has 1 aliphatic rings. The Bertz CT molecular complexity index is 983. The van der Waals surface area contributed by atoms with Gasteiger partial charge in [-0.1, -0.05) is 40.8 Å². The normalized spacial score (nSPS) is 14.6. The second kappa shape index (κ2) is 8.53. The van der Waals surface area contributed by atoms with Crippen molar-refractivity contribution in [1.82, 2.24) is 19.3 Å². The number of hydrogen-bond donors (Lipinski definition) is 0. The van der Waals surface area contributed by atoms with E-state index in [4.69, 9.17) is 0 Å². The van der Waals surface area contributed by atoms with Gasteiger partial charge in [0.2, 0.25) is 5.95 Å². The first-order valence-corrected chi connectivity index (χ1v) is 11.5. The van der Waals surface area contributed by atoms with Gasteiger partial charge < -0.3 is 9.47 Å². The Morgan fingerprint density at radius 1 is 1.07 bits per heavy atom. The van der Waals surface area contributed by atoms with Crippen LogP contribution in [0.2, 0.25) is 0 Å². The van der Waals surface area contributed by atoms with E-state index in [1.165, 1.54) is 36.2 Å². The average Bonchev–Trinajstić information content (AvgIpc) is 3.27. The zero-order valence-corrected chi connectivity index (χ0v) is 17.9. The molecule has 0 spiro atoms. The number of nitrogens with zero attached hydrogens (tertiary/aromatic N) is 5. The molecule has 148 valence electrons. The molecule has 0 unspecified atom stereocenters. The molecule has 1 saturated heterocycles. The number of aryl methyl sites for hydroxylation is 2. The number of thiazole rings is 1. The largest absolute Gasteiger partial charge is 0.341 e. The second-order valence-corrected chi connectivity index (χ2v) is 9.03. The molecule has 8 heteroatoms. The highest BCUT2D eigenvalue weighted by Crippen LogP contribution is 2.28. The van der Waals surface area contributed by atoms with Crippen LogP contribution in [0.25, 0.3) is 5.69 Å². The Labute approximate surface area is 173 Å². The van der Waals surface area contributed by atoms with Crippen molar-refractivity contribution in [1.29, 1.82) is 0 Å². The summed E-state index contributed by atoms with van der Waals surface area (Å²) in [5.41, 5.74) is 3.34. The third-order valence-corrected chi connectivity index (χ3v) is 6.86. The van der Waals surface area contributed by atoms with Gasteiger partial charge in [0.1, 0.15) is 0 Å². The van der Waals surface area contributed by atoms with E-state index in [1.54, 1.807) is 11.8 Å². The molecule has 1 aliphatic heterocycles. The van der Waals surface area contributed by atoms with Gasteiger partial charge >= 0.3 is 4.87 Å². The Hall–Kier alpha value is -2.06. The lowest BCUT2D eigenvalue weighted by atomic mass is 10.1. The van der Waals surface area contributed by atoms with Crippen molar-refractivity contribution in [2.45, 2.75) is 44.8 Å². The minimum Gasteiger partial charge on any atom is -0.341 e. The number of thioether (sulfide) groups is 1. The van der Waals surface area contributed by atoms with Gasteiger partial charge in [-0.25, -0.2) is 0 Å². The van der Waals surface area contributed by atoms with E-state index < -0.39 is 0 Å². The van der Waals surface area contributed by atoms with Gasteiger partial charge in [-0.3, -0.25) is 9.36 Å². The lowest BCUT2D eigenvalue weighted by Gasteiger charge is -2.27. The highest BCUT2D eigenvalue weighted by Gasteiger charge is 2.21. The van der Waals surface area contributed by atoms with E-state index in [-0.39, 0.29) is 4.87 Å². The summed E-state index contributed by atoms with van der Waals surface area (Å²) >= 11 is 2.91. The van der Waals surface area contributed by atoms with E-state index in [9.17, 15) is 4.79 Å². The van der Waals surface area contributed by atoms with E-state index in [0.717, 1.165) is 41.3 Å². The van der Waals surface area contributed by atoms with Gasteiger partial charge in [0, 0.05) is 36.5 Å². The lowest BCUT2D eigenvalue weighted by molar-refractivity contribution is 0.564. The summed E-state index contributed by atoms with van der Waals surface area (Å²) in [7, 11) is 0. The summed E-state index contributed by atoms with van der Waals surface area (Å²) in [6.45, 7) is 6.80. The fourth-order valence-electron chi connectivity index (χ4n) is 3.48. The summed E-state index contributed by atoms with van der Waals surface area (Å²) in [4.78, 5) is 14.4. The van der Waals surface area contributed by atoms with Gasteiger partial charge in [0.15, 0.2) is 5.16 Å². The molecule has 28 heavy (non-hydrogen) atoms. The van der Waals surface area contributed by atoms with Crippen LogP contribution < -0.4 is 9.77 Å². The molecule has 0 N–H and O–H groups in total. The molecule has 3 aromatic rings. The Morgan fingerprint density at radius 2 is 1.82 bits per heavy atom. The Morgan fingerprint density at radius 3 is 2.50 bits per heavy atom. The molecule has 6 nitrogen and oxygen atoms in total. The van der Waals surface area contributed by atoms with E-state index >= 15 is 0 Å². The summed E-state index contributed by atoms with van der Waals surface area (Å²) in [5, 5.41) is 11.8. The molecular weight excluding hydrogens is 390 g/mol. The first-order chi connectivity index (χ1) is 13.6. The van der Waals surface area contributed by atoms with E-state index in [2.05, 4.69) is 50.9 Å². The van der Waals surface area contributed by atoms with E-state index in [1.807, 2.05) is 16.9 Å². The quantitative estimate of drug-likeness (QED) is 0.572. The van der Waals surface area contributed by atoms with Crippen molar-refractivity contribution in [3.63, 3.8) is 0 Å². The topological polar surface area (TPSA) is 56.0 Å². The zero-order valence-electron chi connectivity index (χ0n) is 16.3. The molecule has 0 bridgehead atoms. The van der Waals surface area contributed by atoms with Crippen LogP contribution in [0.5, 0.6) is 0 Å². The van der Waals surface area contributed by atoms with Gasteiger partial charge in [0.25, 0.3) is 0 Å². The highest BCUT2D eigenvalue weighted by atomic mass is 32.2. The third kappa shape index (κ3) is 4.03. The maximum absolute atomic E-state index is 11.9. The molecule has 4 rings (SSSR count). The summed E-state index contributed by atoms with van der Waals surface area (Å²) < 4.78 is 3.99. The van der Waals surface area contributed by atoms with Crippen LogP contribution in [0.3, 0.4) is 0 Å². The predicted octanol–water partition coefficient (Wildman–Crippen LogP) is 3.89. The fourth-order valence-corrected chi connectivity index (χ4v) is 5.11. The SMILES string of the molecule is Cc1ccc(-n2c(SCCn3c(C)csc3=O)nnc2N2CCCCC2)cc1. The third-order valence-electron chi connectivity index (χ3n) is 5.07. The molecule has 0 atom stereocenters. The van der Waals surface area contributed by atoms with Gasteiger partial charge in [-0.05, 0) is 45.2 Å². The first kappa shape index (κ1) is 19.3. The number of aromatic nitrogens is 4. The van der Waals surface area contributed by atoms with Gasteiger partial charge in [0.05, 0.1) is 5.69 Å². The fraction of sp³-hybridized carbons (Fsp3) is 0.450. The first-order valence-electron chi connectivity index (χ1n) is 9.68. The van der Waals surface area contributed by atoms with Crippen LogP contribution in [0.15, 0.2) is 39.6 Å². The molecule has 3 heterocycles. The molecule has 0 saturated carbocycles. The Kier molecular flexibility index (Phi) is 5.87. The minimum absolute atomic E-state index is 0.104. The van der Waals surface area contributed by atoms with Crippen molar-refractivity contribution in [3.8, 4) is 5.69 Å². The Balaban J connectivity index is 1.60.